The number of hydrogen-bond acceptors (Lipinski definition) is 3. The predicted octanol–water partition coefficient (Wildman–Crippen LogP) is 5.12. The molecule has 1 saturated carbocycles. The van der Waals surface area contributed by atoms with E-state index in [4.69, 9.17) is 4.74 Å². The molecule has 5 heteroatoms. The summed E-state index contributed by atoms with van der Waals surface area (Å²) in [6.07, 6.45) is 5.08. The molecule has 1 fully saturated rings. The Labute approximate surface area is 171 Å². The van der Waals surface area contributed by atoms with Gasteiger partial charge in [0.05, 0.1) is 23.9 Å². The molecule has 5 nitrogen and oxygen atoms in total. The van der Waals surface area contributed by atoms with Crippen LogP contribution in [0.2, 0.25) is 0 Å². The van der Waals surface area contributed by atoms with Crippen LogP contribution in [0.1, 0.15) is 53.0 Å². The molecule has 2 aromatic carbocycles. The summed E-state index contributed by atoms with van der Waals surface area (Å²) in [6.45, 7) is 4.46. The van der Waals surface area contributed by atoms with Gasteiger partial charge in [-0.25, -0.2) is 0 Å². The molecule has 1 N–H and O–H groups in total. The van der Waals surface area contributed by atoms with Crippen LogP contribution in [0.3, 0.4) is 0 Å². The summed E-state index contributed by atoms with van der Waals surface area (Å²) < 4.78 is 7.88. The number of nitrogens with one attached hydrogen (secondary N) is 1. The first-order valence-electron chi connectivity index (χ1n) is 10.3. The Kier molecular flexibility index (Phi) is 5.65. The molecule has 0 spiro atoms. The Balaban J connectivity index is 1.44. The molecule has 1 aliphatic carbocycles. The van der Waals surface area contributed by atoms with Gasteiger partial charge in [-0.3, -0.25) is 9.48 Å². The van der Waals surface area contributed by atoms with Crippen molar-refractivity contribution in [1.29, 1.82) is 0 Å². The van der Waals surface area contributed by atoms with Crippen molar-refractivity contribution in [1.82, 2.24) is 9.78 Å². The van der Waals surface area contributed by atoms with Crippen LogP contribution in [-0.4, -0.2) is 21.8 Å². The molecule has 0 bridgehead atoms. The van der Waals surface area contributed by atoms with Gasteiger partial charge in [-0.1, -0.05) is 30.3 Å². The minimum Gasteiger partial charge on any atom is -0.490 e. The van der Waals surface area contributed by atoms with E-state index in [0.29, 0.717) is 18.2 Å². The van der Waals surface area contributed by atoms with Crippen LogP contribution >= 0.6 is 0 Å². The fourth-order valence-electron chi connectivity index (χ4n) is 3.94. The van der Waals surface area contributed by atoms with E-state index in [1.807, 2.05) is 61.0 Å². The second kappa shape index (κ2) is 8.52. The average molecular weight is 389 g/mol. The maximum absolute atomic E-state index is 12.9. The molecule has 0 aliphatic heterocycles. The van der Waals surface area contributed by atoms with E-state index in [1.54, 1.807) is 0 Å². The minimum absolute atomic E-state index is 0.135. The van der Waals surface area contributed by atoms with Crippen LogP contribution in [0.15, 0.2) is 54.6 Å². The molecule has 1 aromatic heterocycles. The maximum atomic E-state index is 12.9. The van der Waals surface area contributed by atoms with E-state index >= 15 is 0 Å². The van der Waals surface area contributed by atoms with Crippen LogP contribution in [0.25, 0.3) is 0 Å². The van der Waals surface area contributed by atoms with Gasteiger partial charge >= 0.3 is 0 Å². The van der Waals surface area contributed by atoms with Crippen LogP contribution in [0, 0.1) is 13.8 Å². The molecule has 1 amide bonds. The molecule has 1 heterocycles. The van der Waals surface area contributed by atoms with Crippen molar-refractivity contribution in [2.45, 2.75) is 52.2 Å². The van der Waals surface area contributed by atoms with Crippen molar-refractivity contribution in [3.8, 4) is 5.75 Å². The summed E-state index contributed by atoms with van der Waals surface area (Å²) in [5.41, 5.74) is 4.14. The maximum Gasteiger partial charge on any atom is 0.259 e. The van der Waals surface area contributed by atoms with Crippen molar-refractivity contribution in [2.24, 2.45) is 0 Å². The lowest BCUT2D eigenvalue weighted by atomic mass is 10.1. The molecule has 0 saturated heterocycles. The van der Waals surface area contributed by atoms with E-state index in [-0.39, 0.29) is 5.91 Å². The Morgan fingerprint density at radius 3 is 2.45 bits per heavy atom. The SMILES string of the molecule is Cc1nn(Cc2ccccc2)c(C)c1C(=O)Nc1ccc(OC2CCCC2)cc1. The molecule has 29 heavy (non-hydrogen) atoms. The number of nitrogens with zero attached hydrogens (tertiary/aromatic N) is 2. The van der Waals surface area contributed by atoms with Crippen molar-refractivity contribution >= 4 is 11.6 Å². The third kappa shape index (κ3) is 4.50. The van der Waals surface area contributed by atoms with E-state index in [9.17, 15) is 4.79 Å². The van der Waals surface area contributed by atoms with Gasteiger partial charge in [0.15, 0.2) is 0 Å². The third-order valence-electron chi connectivity index (χ3n) is 5.50. The highest BCUT2D eigenvalue weighted by Gasteiger charge is 2.19. The Bertz CT molecular complexity index is 971. The first-order chi connectivity index (χ1) is 14.1. The highest BCUT2D eigenvalue weighted by atomic mass is 16.5. The van der Waals surface area contributed by atoms with Gasteiger partial charge in [0.1, 0.15) is 5.75 Å². The zero-order valence-electron chi connectivity index (χ0n) is 17.0. The summed E-state index contributed by atoms with van der Waals surface area (Å²) in [5.74, 6) is 0.724. The van der Waals surface area contributed by atoms with Crippen molar-refractivity contribution in [2.75, 3.05) is 5.32 Å². The number of aromatic nitrogens is 2. The summed E-state index contributed by atoms with van der Waals surface area (Å²) in [4.78, 5) is 12.9. The molecular weight excluding hydrogens is 362 g/mol. The van der Waals surface area contributed by atoms with E-state index in [1.165, 1.54) is 12.8 Å². The Morgan fingerprint density at radius 1 is 1.07 bits per heavy atom. The van der Waals surface area contributed by atoms with Gasteiger partial charge in [-0.15, -0.1) is 0 Å². The molecule has 0 radical (unpaired) electrons. The summed E-state index contributed by atoms with van der Waals surface area (Å²) in [7, 11) is 0. The van der Waals surface area contributed by atoms with Gasteiger partial charge in [-0.2, -0.15) is 5.10 Å². The standard InChI is InChI=1S/C24H27N3O2/c1-17-23(18(2)27(26-17)16-19-8-4-3-5-9-19)24(28)25-20-12-14-22(15-13-20)29-21-10-6-7-11-21/h3-5,8-9,12-15,21H,6-7,10-11,16H2,1-2H3,(H,25,28). The van der Waals surface area contributed by atoms with Crippen molar-refractivity contribution in [3.05, 3.63) is 77.1 Å². The van der Waals surface area contributed by atoms with Crippen molar-refractivity contribution < 1.29 is 9.53 Å². The van der Waals surface area contributed by atoms with Gasteiger partial charge in [0.2, 0.25) is 0 Å². The topological polar surface area (TPSA) is 56.2 Å². The molecule has 3 aromatic rings. The number of amides is 1. The average Bonchev–Trinajstić information content (AvgIpc) is 3.32. The van der Waals surface area contributed by atoms with Gasteiger partial charge in [0, 0.05) is 11.4 Å². The molecule has 4 rings (SSSR count). The molecule has 1 aliphatic rings. The molecule has 0 atom stereocenters. The number of carbonyl (C=O) groups is 1. The number of anilines is 1. The largest absolute Gasteiger partial charge is 0.490 e. The normalized spacial score (nSPS) is 14.1. The zero-order chi connectivity index (χ0) is 20.2. The third-order valence-corrected chi connectivity index (χ3v) is 5.50. The quantitative estimate of drug-likeness (QED) is 0.636. The summed E-state index contributed by atoms with van der Waals surface area (Å²) in [6, 6.07) is 17.8. The highest BCUT2D eigenvalue weighted by molar-refractivity contribution is 6.05. The fraction of sp³-hybridized carbons (Fsp3) is 0.333. The Morgan fingerprint density at radius 2 is 1.76 bits per heavy atom. The first kappa shape index (κ1) is 19.2. The lowest BCUT2D eigenvalue weighted by Crippen LogP contribution is -2.14. The highest BCUT2D eigenvalue weighted by Crippen LogP contribution is 2.25. The number of rotatable bonds is 6. The number of carbonyl (C=O) groups excluding carboxylic acids is 1. The predicted molar refractivity (Wildman–Crippen MR) is 115 cm³/mol. The fourth-order valence-corrected chi connectivity index (χ4v) is 3.94. The second-order valence-corrected chi connectivity index (χ2v) is 7.69. The number of benzene rings is 2. The summed E-state index contributed by atoms with van der Waals surface area (Å²) in [5, 5.41) is 7.57. The Hall–Kier alpha value is -3.08. The minimum atomic E-state index is -0.135. The van der Waals surface area contributed by atoms with Gasteiger partial charge < -0.3 is 10.1 Å². The number of ether oxygens (including phenoxy) is 1. The monoisotopic (exact) mass is 389 g/mol. The van der Waals surface area contributed by atoms with E-state index in [0.717, 1.165) is 41.2 Å². The zero-order valence-corrected chi connectivity index (χ0v) is 17.0. The van der Waals surface area contributed by atoms with Gasteiger partial charge in [0.25, 0.3) is 5.91 Å². The smallest absolute Gasteiger partial charge is 0.259 e. The number of aryl methyl sites for hydroxylation is 1. The van der Waals surface area contributed by atoms with Crippen LogP contribution < -0.4 is 10.1 Å². The van der Waals surface area contributed by atoms with Gasteiger partial charge in [-0.05, 0) is 69.4 Å². The summed E-state index contributed by atoms with van der Waals surface area (Å²) >= 11 is 0. The molecular formula is C24H27N3O2. The molecule has 0 unspecified atom stereocenters. The van der Waals surface area contributed by atoms with Crippen LogP contribution in [0.4, 0.5) is 5.69 Å². The van der Waals surface area contributed by atoms with E-state index < -0.39 is 0 Å². The van der Waals surface area contributed by atoms with Crippen LogP contribution in [-0.2, 0) is 6.54 Å². The lowest BCUT2D eigenvalue weighted by Gasteiger charge is -2.13. The lowest BCUT2D eigenvalue weighted by molar-refractivity contribution is 0.102. The van der Waals surface area contributed by atoms with E-state index in [2.05, 4.69) is 22.5 Å². The van der Waals surface area contributed by atoms with Crippen molar-refractivity contribution in [3.63, 3.8) is 0 Å². The number of hydrogen-bond donors (Lipinski definition) is 1. The second-order valence-electron chi connectivity index (χ2n) is 7.69. The van der Waals surface area contributed by atoms with Crippen LogP contribution in [0.5, 0.6) is 5.75 Å². The molecule has 150 valence electrons. The first-order valence-corrected chi connectivity index (χ1v) is 10.3.